The maximum absolute atomic E-state index is 11.7. The number of nitro groups is 1. The fraction of sp³-hybridized carbons (Fsp3) is 0.529. The molecule has 1 unspecified atom stereocenters. The quantitative estimate of drug-likeness (QED) is 0.134. The Morgan fingerprint density at radius 2 is 2.11 bits per heavy atom. The number of anilines is 1. The van der Waals surface area contributed by atoms with Gasteiger partial charge in [-0.1, -0.05) is 19.1 Å². The van der Waals surface area contributed by atoms with E-state index in [2.05, 4.69) is 20.9 Å². The lowest BCUT2D eigenvalue weighted by Crippen LogP contribution is -2.46. The molecule has 1 aromatic rings. The van der Waals surface area contributed by atoms with Gasteiger partial charge in [0.15, 0.2) is 5.96 Å². The number of carbonyl (C=O) groups excluding carboxylic acids is 1. The Morgan fingerprint density at radius 3 is 2.78 bits per heavy atom. The SMILES string of the molecule is CCC(=O)N1CCC(NC(=NC)NCCNc2ccccc2[N+](=O)[O-])C1.I. The highest BCUT2D eigenvalue weighted by molar-refractivity contribution is 14.0. The predicted molar refractivity (Wildman–Crippen MR) is 117 cm³/mol. The van der Waals surface area contributed by atoms with Crippen molar-refractivity contribution >= 4 is 47.2 Å². The van der Waals surface area contributed by atoms with Gasteiger partial charge in [0.1, 0.15) is 5.69 Å². The third-order valence-electron chi connectivity index (χ3n) is 4.24. The van der Waals surface area contributed by atoms with Crippen molar-refractivity contribution in [1.29, 1.82) is 0 Å². The number of halogens is 1. The molecule has 1 aliphatic rings. The Kier molecular flexibility index (Phi) is 9.83. The number of benzene rings is 1. The summed E-state index contributed by atoms with van der Waals surface area (Å²) in [5.41, 5.74) is 0.549. The molecule has 0 aliphatic carbocycles. The van der Waals surface area contributed by atoms with Gasteiger partial charge in [-0.25, -0.2) is 0 Å². The molecule has 9 nitrogen and oxygen atoms in total. The zero-order chi connectivity index (χ0) is 18.9. The number of likely N-dealkylation sites (tertiary alicyclic amines) is 1. The van der Waals surface area contributed by atoms with Gasteiger partial charge in [0.25, 0.3) is 5.69 Å². The van der Waals surface area contributed by atoms with Crippen molar-refractivity contribution in [3.05, 3.63) is 34.4 Å². The molecule has 3 N–H and O–H groups in total. The number of hydrogen-bond acceptors (Lipinski definition) is 5. The number of nitro benzene ring substituents is 1. The van der Waals surface area contributed by atoms with Crippen molar-refractivity contribution in [3.63, 3.8) is 0 Å². The molecule has 0 radical (unpaired) electrons. The van der Waals surface area contributed by atoms with Gasteiger partial charge in [-0.3, -0.25) is 19.9 Å². The zero-order valence-corrected chi connectivity index (χ0v) is 17.9. The van der Waals surface area contributed by atoms with Gasteiger partial charge in [-0.05, 0) is 12.5 Å². The maximum atomic E-state index is 11.7. The molecule has 2 rings (SSSR count). The molecule has 1 atom stereocenters. The molecule has 0 bridgehead atoms. The van der Waals surface area contributed by atoms with Crippen LogP contribution in [0.25, 0.3) is 0 Å². The lowest BCUT2D eigenvalue weighted by Gasteiger charge is -2.19. The minimum atomic E-state index is -0.403. The fourth-order valence-electron chi connectivity index (χ4n) is 2.88. The van der Waals surface area contributed by atoms with Crippen LogP contribution < -0.4 is 16.0 Å². The first kappa shape index (κ1) is 22.9. The average molecular weight is 490 g/mol. The smallest absolute Gasteiger partial charge is 0.292 e. The number of hydrogen-bond donors (Lipinski definition) is 3. The monoisotopic (exact) mass is 490 g/mol. The summed E-state index contributed by atoms with van der Waals surface area (Å²) < 4.78 is 0. The van der Waals surface area contributed by atoms with E-state index in [0.717, 1.165) is 13.0 Å². The normalized spacial score (nSPS) is 16.4. The first-order valence-corrected chi connectivity index (χ1v) is 8.77. The van der Waals surface area contributed by atoms with Crippen molar-refractivity contribution < 1.29 is 9.72 Å². The number of aliphatic imine (C=N–C) groups is 1. The molecule has 1 amide bonds. The molecule has 1 saturated heterocycles. The predicted octanol–water partition coefficient (Wildman–Crippen LogP) is 1.80. The van der Waals surface area contributed by atoms with E-state index in [4.69, 9.17) is 0 Å². The van der Waals surface area contributed by atoms with Crippen LogP contribution in [0.3, 0.4) is 0 Å². The Labute approximate surface area is 176 Å². The molecule has 1 aromatic carbocycles. The van der Waals surface area contributed by atoms with Gasteiger partial charge >= 0.3 is 0 Å². The second kappa shape index (κ2) is 11.6. The summed E-state index contributed by atoms with van der Waals surface area (Å²) in [6.45, 7) is 4.38. The van der Waals surface area contributed by atoms with Crippen LogP contribution in [0.15, 0.2) is 29.3 Å². The van der Waals surface area contributed by atoms with E-state index in [1.54, 1.807) is 25.2 Å². The van der Waals surface area contributed by atoms with Crippen LogP contribution in [0.5, 0.6) is 0 Å². The van der Waals surface area contributed by atoms with Crippen molar-refractivity contribution in [2.45, 2.75) is 25.8 Å². The van der Waals surface area contributed by atoms with E-state index in [0.29, 0.717) is 37.7 Å². The van der Waals surface area contributed by atoms with E-state index in [-0.39, 0.29) is 41.6 Å². The highest BCUT2D eigenvalue weighted by atomic mass is 127. The third kappa shape index (κ3) is 6.85. The standard InChI is InChI=1S/C17H26N6O3.HI/c1-3-16(24)22-11-8-13(12-22)21-17(18-2)20-10-9-19-14-6-4-5-7-15(14)23(25)26;/h4-7,13,19H,3,8-12H2,1-2H3,(H2,18,20,21);1H. The van der Waals surface area contributed by atoms with Gasteiger partial charge in [0, 0.05) is 51.8 Å². The third-order valence-corrected chi connectivity index (χ3v) is 4.24. The van der Waals surface area contributed by atoms with Gasteiger partial charge in [-0.2, -0.15) is 0 Å². The Morgan fingerprint density at radius 1 is 1.37 bits per heavy atom. The molecule has 1 aliphatic heterocycles. The zero-order valence-electron chi connectivity index (χ0n) is 15.6. The summed E-state index contributed by atoms with van der Waals surface area (Å²) in [5.74, 6) is 0.830. The number of guanidine groups is 1. The Balaban J connectivity index is 0.00000364. The van der Waals surface area contributed by atoms with Crippen LogP contribution in [0, 0.1) is 10.1 Å². The number of rotatable bonds is 7. The van der Waals surface area contributed by atoms with E-state index < -0.39 is 4.92 Å². The maximum Gasteiger partial charge on any atom is 0.292 e. The first-order valence-electron chi connectivity index (χ1n) is 8.77. The molecule has 0 aromatic heterocycles. The highest BCUT2D eigenvalue weighted by Gasteiger charge is 2.25. The second-order valence-electron chi connectivity index (χ2n) is 6.02. The van der Waals surface area contributed by atoms with Crippen LogP contribution in [0.4, 0.5) is 11.4 Å². The molecule has 150 valence electrons. The van der Waals surface area contributed by atoms with Crippen molar-refractivity contribution in [2.24, 2.45) is 4.99 Å². The fourth-order valence-corrected chi connectivity index (χ4v) is 2.88. The van der Waals surface area contributed by atoms with Gasteiger partial charge in [0.2, 0.25) is 5.91 Å². The number of amides is 1. The minimum absolute atomic E-state index is 0. The molecule has 0 spiro atoms. The van der Waals surface area contributed by atoms with E-state index in [9.17, 15) is 14.9 Å². The van der Waals surface area contributed by atoms with E-state index >= 15 is 0 Å². The molecule has 1 heterocycles. The van der Waals surface area contributed by atoms with Gasteiger partial charge in [0.05, 0.1) is 4.92 Å². The number of nitrogens with zero attached hydrogens (tertiary/aromatic N) is 3. The van der Waals surface area contributed by atoms with Gasteiger partial charge < -0.3 is 20.9 Å². The van der Waals surface area contributed by atoms with Crippen molar-refractivity contribution in [3.8, 4) is 0 Å². The summed E-state index contributed by atoms with van der Waals surface area (Å²) in [4.78, 5) is 28.4. The minimum Gasteiger partial charge on any atom is -0.378 e. The summed E-state index contributed by atoms with van der Waals surface area (Å²) in [7, 11) is 1.69. The van der Waals surface area contributed by atoms with Crippen molar-refractivity contribution in [1.82, 2.24) is 15.5 Å². The first-order chi connectivity index (χ1) is 12.5. The van der Waals surface area contributed by atoms with Crippen LogP contribution in [-0.4, -0.2) is 61.0 Å². The van der Waals surface area contributed by atoms with Crippen LogP contribution in [0.1, 0.15) is 19.8 Å². The summed E-state index contributed by atoms with van der Waals surface area (Å²) in [6, 6.07) is 6.73. The summed E-state index contributed by atoms with van der Waals surface area (Å²) >= 11 is 0. The van der Waals surface area contributed by atoms with Gasteiger partial charge in [-0.15, -0.1) is 24.0 Å². The van der Waals surface area contributed by atoms with Crippen molar-refractivity contribution in [2.75, 3.05) is 38.5 Å². The molecule has 0 saturated carbocycles. The summed E-state index contributed by atoms with van der Waals surface area (Å²) in [5, 5.41) is 20.5. The van der Waals surface area contributed by atoms with Crippen LogP contribution in [-0.2, 0) is 4.79 Å². The van der Waals surface area contributed by atoms with Crippen LogP contribution in [0.2, 0.25) is 0 Å². The molecular formula is C17H27IN6O3. The lowest BCUT2D eigenvalue weighted by atomic mass is 10.2. The van der Waals surface area contributed by atoms with Crippen LogP contribution >= 0.6 is 24.0 Å². The van der Waals surface area contributed by atoms with E-state index in [1.165, 1.54) is 6.07 Å². The van der Waals surface area contributed by atoms with E-state index in [1.807, 2.05) is 11.8 Å². The lowest BCUT2D eigenvalue weighted by molar-refractivity contribution is -0.384. The molecule has 1 fully saturated rings. The number of nitrogens with one attached hydrogen (secondary N) is 3. The highest BCUT2D eigenvalue weighted by Crippen LogP contribution is 2.22. The molecule has 27 heavy (non-hydrogen) atoms. The molecular weight excluding hydrogens is 463 g/mol. The summed E-state index contributed by atoms with van der Waals surface area (Å²) in [6.07, 6.45) is 1.41. The Bertz CT molecular complexity index is 670. The largest absolute Gasteiger partial charge is 0.378 e. The number of carbonyl (C=O) groups is 1. The second-order valence-corrected chi connectivity index (χ2v) is 6.02. The molecule has 10 heteroatoms. The Hall–Kier alpha value is -2.11. The average Bonchev–Trinajstić information content (AvgIpc) is 3.12. The topological polar surface area (TPSA) is 112 Å². The number of para-hydroxylation sites is 2.